The van der Waals surface area contributed by atoms with Gasteiger partial charge in [0.25, 0.3) is 0 Å². The van der Waals surface area contributed by atoms with Crippen LogP contribution in [-0.2, 0) is 26.0 Å². The third-order valence-corrected chi connectivity index (χ3v) is 5.85. The number of sulfonamides is 1. The molecule has 2 atom stereocenters. The third-order valence-electron chi connectivity index (χ3n) is 3.89. The van der Waals surface area contributed by atoms with E-state index >= 15 is 0 Å². The van der Waals surface area contributed by atoms with Crippen molar-refractivity contribution in [1.29, 1.82) is 0 Å². The largest absolute Gasteiger partial charge is 0.379 e. The Morgan fingerprint density at radius 2 is 2.04 bits per heavy atom. The normalized spacial score (nSPS) is 21.2. The number of carbonyl (C=O) groups excluding carboxylic acids is 1. The monoisotopic (exact) mass is 362 g/mol. The molecule has 1 aliphatic heterocycles. The molecule has 1 fully saturated rings. The molecule has 0 aromatic heterocycles. The van der Waals surface area contributed by atoms with Crippen LogP contribution >= 0.6 is 0 Å². The van der Waals surface area contributed by atoms with E-state index in [1.54, 1.807) is 0 Å². The van der Waals surface area contributed by atoms with E-state index in [2.05, 4.69) is 5.32 Å². The summed E-state index contributed by atoms with van der Waals surface area (Å²) in [6.07, 6.45) is -0.254. The molecule has 2 unspecified atom stereocenters. The average Bonchev–Trinajstić information content (AvgIpc) is 2.88. The molecule has 9 heteroatoms. The Morgan fingerprint density at radius 3 is 2.67 bits per heavy atom. The summed E-state index contributed by atoms with van der Waals surface area (Å²) in [6.45, 7) is 0.425. The minimum Gasteiger partial charge on any atom is -0.379 e. The van der Waals surface area contributed by atoms with E-state index in [1.807, 2.05) is 0 Å². The fourth-order valence-corrected chi connectivity index (χ4v) is 3.61. The van der Waals surface area contributed by atoms with Gasteiger partial charge < -0.3 is 10.1 Å². The van der Waals surface area contributed by atoms with Gasteiger partial charge in [-0.05, 0) is 11.6 Å². The van der Waals surface area contributed by atoms with Gasteiger partial charge in [0.15, 0.2) is 0 Å². The van der Waals surface area contributed by atoms with E-state index in [0.717, 1.165) is 10.4 Å². The lowest BCUT2D eigenvalue weighted by molar-refractivity contribution is -0.121. The van der Waals surface area contributed by atoms with Crippen LogP contribution in [0, 0.1) is 17.6 Å². The van der Waals surface area contributed by atoms with Gasteiger partial charge in [-0.15, -0.1) is 0 Å². The first-order chi connectivity index (χ1) is 11.2. The van der Waals surface area contributed by atoms with Crippen LogP contribution in [0.4, 0.5) is 8.78 Å². The van der Waals surface area contributed by atoms with Crippen molar-refractivity contribution in [3.63, 3.8) is 0 Å². The number of carbonyl (C=O) groups is 1. The molecule has 0 saturated carbocycles. The zero-order valence-electron chi connectivity index (χ0n) is 13.5. The van der Waals surface area contributed by atoms with E-state index in [9.17, 15) is 22.0 Å². The molecule has 2 rings (SSSR count). The molecule has 6 nitrogen and oxygen atoms in total. The molecule has 0 aliphatic carbocycles. The van der Waals surface area contributed by atoms with Gasteiger partial charge in [0, 0.05) is 26.1 Å². The van der Waals surface area contributed by atoms with Crippen molar-refractivity contribution in [3.05, 3.63) is 35.4 Å². The van der Waals surface area contributed by atoms with E-state index in [0.29, 0.717) is 6.07 Å². The van der Waals surface area contributed by atoms with Gasteiger partial charge in [-0.25, -0.2) is 21.5 Å². The molecule has 134 valence electrons. The number of hydrogen-bond donors (Lipinski definition) is 1. The van der Waals surface area contributed by atoms with Crippen molar-refractivity contribution in [2.45, 2.75) is 12.5 Å². The predicted molar refractivity (Wildman–Crippen MR) is 83.8 cm³/mol. The van der Waals surface area contributed by atoms with Gasteiger partial charge in [-0.2, -0.15) is 0 Å². The molecule has 0 radical (unpaired) electrons. The molecule has 1 heterocycles. The quantitative estimate of drug-likeness (QED) is 0.801. The highest BCUT2D eigenvalue weighted by atomic mass is 32.2. The molecule has 1 saturated heterocycles. The fraction of sp³-hybridized carbons (Fsp3) is 0.533. The van der Waals surface area contributed by atoms with Crippen LogP contribution in [0.5, 0.6) is 0 Å². The Kier molecular flexibility index (Phi) is 5.89. The smallest absolute Gasteiger partial charge is 0.224 e. The maximum Gasteiger partial charge on any atom is 0.224 e. The second-order valence-electron chi connectivity index (χ2n) is 5.94. The fourth-order valence-electron chi connectivity index (χ4n) is 2.44. The summed E-state index contributed by atoms with van der Waals surface area (Å²) in [4.78, 5) is 12.1. The topological polar surface area (TPSA) is 75.7 Å². The molecule has 1 aliphatic rings. The standard InChI is InChI=1S/C15H20F2N2O4S/c1-19(2)24(21,22)9-11-7-23-8-14(11)18-15(20)5-10-3-4-12(16)6-13(10)17/h3-4,6,11,14H,5,7-9H2,1-2H3,(H,18,20). The summed E-state index contributed by atoms with van der Waals surface area (Å²) in [6, 6.07) is 2.55. The van der Waals surface area contributed by atoms with E-state index < -0.39 is 33.6 Å². The molecule has 0 spiro atoms. The molecule has 1 aromatic rings. The molecule has 1 N–H and O–H groups in total. The zero-order valence-corrected chi connectivity index (χ0v) is 14.3. The number of hydrogen-bond acceptors (Lipinski definition) is 4. The van der Waals surface area contributed by atoms with Crippen LogP contribution in [0.15, 0.2) is 18.2 Å². The lowest BCUT2D eigenvalue weighted by Crippen LogP contribution is -2.44. The Hall–Kier alpha value is -1.58. The lowest BCUT2D eigenvalue weighted by atomic mass is 10.1. The Morgan fingerprint density at radius 1 is 1.33 bits per heavy atom. The van der Waals surface area contributed by atoms with Gasteiger partial charge in [0.2, 0.25) is 15.9 Å². The van der Waals surface area contributed by atoms with Crippen molar-refractivity contribution in [3.8, 4) is 0 Å². The van der Waals surface area contributed by atoms with Gasteiger partial charge in [0.1, 0.15) is 11.6 Å². The number of nitrogens with zero attached hydrogens (tertiary/aromatic N) is 1. The predicted octanol–water partition coefficient (Wildman–Crippen LogP) is 0.530. The van der Waals surface area contributed by atoms with Gasteiger partial charge in [0.05, 0.1) is 31.4 Å². The summed E-state index contributed by atoms with van der Waals surface area (Å²) in [5.74, 6) is -2.49. The number of rotatable bonds is 6. The Labute approximate surface area is 139 Å². The molecular weight excluding hydrogens is 342 g/mol. The summed E-state index contributed by atoms with van der Waals surface area (Å²) in [5.41, 5.74) is 0.0743. The van der Waals surface area contributed by atoms with Crippen LogP contribution in [0.25, 0.3) is 0 Å². The van der Waals surface area contributed by atoms with Gasteiger partial charge in [-0.3, -0.25) is 4.79 Å². The van der Waals surface area contributed by atoms with Gasteiger partial charge >= 0.3 is 0 Å². The maximum atomic E-state index is 13.6. The van der Waals surface area contributed by atoms with Gasteiger partial charge in [-0.1, -0.05) is 6.07 Å². The van der Waals surface area contributed by atoms with Crippen molar-refractivity contribution in [2.24, 2.45) is 5.92 Å². The first kappa shape index (κ1) is 18.8. The number of ether oxygens (including phenoxy) is 1. The highest BCUT2D eigenvalue weighted by molar-refractivity contribution is 7.89. The number of halogens is 2. The molecule has 24 heavy (non-hydrogen) atoms. The summed E-state index contributed by atoms with van der Waals surface area (Å²) >= 11 is 0. The second-order valence-corrected chi connectivity index (χ2v) is 8.17. The van der Waals surface area contributed by atoms with Crippen molar-refractivity contribution >= 4 is 15.9 Å². The lowest BCUT2D eigenvalue weighted by Gasteiger charge is -2.21. The Balaban J connectivity index is 1.97. The molecular formula is C15H20F2N2O4S. The van der Waals surface area contributed by atoms with Crippen LogP contribution in [-0.4, -0.2) is 57.7 Å². The molecule has 1 aromatic carbocycles. The first-order valence-electron chi connectivity index (χ1n) is 7.40. The first-order valence-corrected chi connectivity index (χ1v) is 9.01. The summed E-state index contributed by atoms with van der Waals surface area (Å²) < 4.78 is 56.8. The van der Waals surface area contributed by atoms with Crippen molar-refractivity contribution < 1.29 is 26.7 Å². The highest BCUT2D eigenvalue weighted by Crippen LogP contribution is 2.18. The van der Waals surface area contributed by atoms with E-state index in [4.69, 9.17) is 4.74 Å². The maximum absolute atomic E-state index is 13.6. The van der Waals surface area contributed by atoms with Crippen molar-refractivity contribution in [2.75, 3.05) is 33.1 Å². The average molecular weight is 362 g/mol. The molecule has 1 amide bonds. The van der Waals surface area contributed by atoms with E-state index in [-0.39, 0.29) is 36.9 Å². The summed E-state index contributed by atoms with van der Waals surface area (Å²) in [7, 11) is -0.539. The minimum atomic E-state index is -3.42. The van der Waals surface area contributed by atoms with Crippen LogP contribution in [0.2, 0.25) is 0 Å². The third kappa shape index (κ3) is 4.71. The van der Waals surface area contributed by atoms with E-state index in [1.165, 1.54) is 20.2 Å². The van der Waals surface area contributed by atoms with Crippen LogP contribution in [0.1, 0.15) is 5.56 Å². The number of amides is 1. The zero-order chi connectivity index (χ0) is 17.9. The minimum absolute atomic E-state index is 0.0743. The second kappa shape index (κ2) is 7.54. The van der Waals surface area contributed by atoms with Crippen LogP contribution < -0.4 is 5.32 Å². The molecule has 0 bridgehead atoms. The Bertz CT molecular complexity index is 709. The number of nitrogens with one attached hydrogen (secondary N) is 1. The summed E-state index contributed by atoms with van der Waals surface area (Å²) in [5, 5.41) is 2.67. The highest BCUT2D eigenvalue weighted by Gasteiger charge is 2.34. The number of benzene rings is 1. The van der Waals surface area contributed by atoms with Crippen LogP contribution in [0.3, 0.4) is 0 Å². The SMILES string of the molecule is CN(C)S(=O)(=O)CC1COCC1NC(=O)Cc1ccc(F)cc1F. The van der Waals surface area contributed by atoms with Crippen molar-refractivity contribution in [1.82, 2.24) is 9.62 Å².